The lowest BCUT2D eigenvalue weighted by atomic mass is 10.1. The first-order valence-corrected chi connectivity index (χ1v) is 6.81. The van der Waals surface area contributed by atoms with Crippen molar-refractivity contribution in [1.82, 2.24) is 19.9 Å². The maximum Gasteiger partial charge on any atom is 0.275 e. The molecule has 0 saturated carbocycles. The molecule has 0 atom stereocenters. The van der Waals surface area contributed by atoms with Gasteiger partial charge in [0.15, 0.2) is 5.69 Å². The van der Waals surface area contributed by atoms with Gasteiger partial charge in [0.05, 0.1) is 11.9 Å². The lowest BCUT2D eigenvalue weighted by Gasteiger charge is -2.16. The van der Waals surface area contributed by atoms with Crippen LogP contribution in [0.5, 0.6) is 0 Å². The Hall–Kier alpha value is -2.17. The molecular weight excluding hydrogens is 252 g/mol. The van der Waals surface area contributed by atoms with Gasteiger partial charge in [-0.1, -0.05) is 37.3 Å². The fraction of sp³-hybridized carbons (Fsp3) is 0.400. The molecule has 0 bridgehead atoms. The smallest absolute Gasteiger partial charge is 0.275 e. The van der Waals surface area contributed by atoms with E-state index in [9.17, 15) is 4.79 Å². The first-order valence-electron chi connectivity index (χ1n) is 6.81. The highest BCUT2D eigenvalue weighted by molar-refractivity contribution is 5.91. The van der Waals surface area contributed by atoms with Gasteiger partial charge >= 0.3 is 0 Å². The second kappa shape index (κ2) is 6.32. The van der Waals surface area contributed by atoms with E-state index in [2.05, 4.69) is 24.2 Å². The fourth-order valence-electron chi connectivity index (χ4n) is 1.82. The average molecular weight is 272 g/mol. The third kappa shape index (κ3) is 3.44. The van der Waals surface area contributed by atoms with Crippen LogP contribution in [-0.4, -0.2) is 39.4 Å². The molecule has 106 valence electrons. The zero-order valence-corrected chi connectivity index (χ0v) is 12.2. The first kappa shape index (κ1) is 14.2. The van der Waals surface area contributed by atoms with E-state index in [-0.39, 0.29) is 5.91 Å². The number of nitrogens with zero attached hydrogens (tertiary/aromatic N) is 4. The van der Waals surface area contributed by atoms with E-state index in [4.69, 9.17) is 0 Å². The first-order chi connectivity index (χ1) is 9.58. The van der Waals surface area contributed by atoms with Crippen LogP contribution < -0.4 is 0 Å². The van der Waals surface area contributed by atoms with Crippen molar-refractivity contribution in [2.75, 3.05) is 13.6 Å². The molecule has 5 heteroatoms. The summed E-state index contributed by atoms with van der Waals surface area (Å²) in [5, 5.41) is 7.97. The number of para-hydroxylation sites is 1. The van der Waals surface area contributed by atoms with Crippen LogP contribution >= 0.6 is 0 Å². The molecule has 0 aliphatic heterocycles. The molecule has 2 aromatic rings. The monoisotopic (exact) mass is 272 g/mol. The van der Waals surface area contributed by atoms with Gasteiger partial charge in [-0.15, -0.1) is 5.10 Å². The molecule has 1 heterocycles. The Labute approximate surface area is 119 Å². The molecule has 20 heavy (non-hydrogen) atoms. The number of amides is 1. The Morgan fingerprint density at radius 2 is 2.00 bits per heavy atom. The Balaban J connectivity index is 2.07. The number of carbonyl (C=O) groups excluding carboxylic acids is 1. The second-order valence-corrected chi connectivity index (χ2v) is 5.29. The van der Waals surface area contributed by atoms with Crippen LogP contribution in [-0.2, 0) is 0 Å². The van der Waals surface area contributed by atoms with Crippen LogP contribution in [0.3, 0.4) is 0 Å². The Bertz CT molecular complexity index is 562. The number of benzene rings is 1. The minimum absolute atomic E-state index is 0.0900. The van der Waals surface area contributed by atoms with E-state index in [1.54, 1.807) is 22.8 Å². The molecule has 0 unspecified atom stereocenters. The number of aromatic nitrogens is 3. The predicted molar refractivity (Wildman–Crippen MR) is 77.8 cm³/mol. The summed E-state index contributed by atoms with van der Waals surface area (Å²) in [6.07, 6.45) is 2.65. The largest absolute Gasteiger partial charge is 0.340 e. The molecule has 0 N–H and O–H groups in total. The minimum atomic E-state index is -0.0900. The standard InChI is InChI=1S/C15H20N4O/c1-12(2)9-10-18(3)15(20)14-11-19(17-16-14)13-7-5-4-6-8-13/h4-8,11-12H,9-10H2,1-3H3. The second-order valence-electron chi connectivity index (χ2n) is 5.29. The van der Waals surface area contributed by atoms with Gasteiger partial charge in [-0.25, -0.2) is 4.68 Å². The quantitative estimate of drug-likeness (QED) is 0.839. The van der Waals surface area contributed by atoms with Crippen LogP contribution in [0.2, 0.25) is 0 Å². The van der Waals surface area contributed by atoms with Gasteiger partial charge in [0.2, 0.25) is 0 Å². The minimum Gasteiger partial charge on any atom is -0.340 e. The summed E-state index contributed by atoms with van der Waals surface area (Å²) in [5.74, 6) is 0.484. The maximum absolute atomic E-state index is 12.2. The van der Waals surface area contributed by atoms with Crippen molar-refractivity contribution in [3.05, 3.63) is 42.2 Å². The third-order valence-electron chi connectivity index (χ3n) is 3.12. The molecule has 2 rings (SSSR count). The Morgan fingerprint density at radius 3 is 2.65 bits per heavy atom. The van der Waals surface area contributed by atoms with Crippen molar-refractivity contribution in [2.45, 2.75) is 20.3 Å². The van der Waals surface area contributed by atoms with E-state index in [1.165, 1.54) is 0 Å². The Kier molecular flexibility index (Phi) is 4.50. The highest BCUT2D eigenvalue weighted by Gasteiger charge is 2.16. The summed E-state index contributed by atoms with van der Waals surface area (Å²) < 4.78 is 1.61. The fourth-order valence-corrected chi connectivity index (χ4v) is 1.82. The molecule has 1 aromatic heterocycles. The van der Waals surface area contributed by atoms with Gasteiger partial charge in [0.1, 0.15) is 0 Å². The third-order valence-corrected chi connectivity index (χ3v) is 3.12. The van der Waals surface area contributed by atoms with Gasteiger partial charge in [-0.2, -0.15) is 0 Å². The molecule has 0 radical (unpaired) electrons. The van der Waals surface area contributed by atoms with Crippen LogP contribution in [0, 0.1) is 5.92 Å². The topological polar surface area (TPSA) is 51.0 Å². The van der Waals surface area contributed by atoms with E-state index in [0.29, 0.717) is 11.6 Å². The lowest BCUT2D eigenvalue weighted by Crippen LogP contribution is -2.28. The lowest BCUT2D eigenvalue weighted by molar-refractivity contribution is 0.0783. The van der Waals surface area contributed by atoms with Gasteiger partial charge in [-0.3, -0.25) is 4.79 Å². The van der Waals surface area contributed by atoms with Crippen molar-refractivity contribution in [3.63, 3.8) is 0 Å². The summed E-state index contributed by atoms with van der Waals surface area (Å²) >= 11 is 0. The summed E-state index contributed by atoms with van der Waals surface area (Å²) in [4.78, 5) is 13.9. The van der Waals surface area contributed by atoms with Crippen LogP contribution in [0.1, 0.15) is 30.8 Å². The molecule has 0 saturated heterocycles. The van der Waals surface area contributed by atoms with Crippen molar-refractivity contribution >= 4 is 5.91 Å². The molecule has 5 nitrogen and oxygen atoms in total. The zero-order chi connectivity index (χ0) is 14.5. The van der Waals surface area contributed by atoms with Crippen LogP contribution in [0.4, 0.5) is 0 Å². The molecule has 1 aromatic carbocycles. The summed E-state index contributed by atoms with van der Waals surface area (Å²) in [5.41, 5.74) is 1.27. The van der Waals surface area contributed by atoms with Gasteiger partial charge in [0, 0.05) is 13.6 Å². The molecule has 0 spiro atoms. The number of rotatable bonds is 5. The van der Waals surface area contributed by atoms with Crippen LogP contribution in [0.15, 0.2) is 36.5 Å². The van der Waals surface area contributed by atoms with Gasteiger partial charge in [0.25, 0.3) is 5.91 Å². The number of hydrogen-bond donors (Lipinski definition) is 0. The van der Waals surface area contributed by atoms with E-state index in [0.717, 1.165) is 18.7 Å². The maximum atomic E-state index is 12.2. The summed E-state index contributed by atoms with van der Waals surface area (Å²) in [6, 6.07) is 9.63. The molecule has 0 fully saturated rings. The molecular formula is C15H20N4O. The van der Waals surface area contributed by atoms with E-state index in [1.807, 2.05) is 30.3 Å². The molecule has 0 aliphatic carbocycles. The number of hydrogen-bond acceptors (Lipinski definition) is 3. The summed E-state index contributed by atoms with van der Waals surface area (Å²) in [6.45, 7) is 5.02. The van der Waals surface area contributed by atoms with Crippen molar-refractivity contribution in [2.24, 2.45) is 5.92 Å². The highest BCUT2D eigenvalue weighted by Crippen LogP contribution is 2.08. The van der Waals surface area contributed by atoms with Crippen LogP contribution in [0.25, 0.3) is 5.69 Å². The van der Waals surface area contributed by atoms with E-state index >= 15 is 0 Å². The van der Waals surface area contributed by atoms with Crippen molar-refractivity contribution < 1.29 is 4.79 Å². The van der Waals surface area contributed by atoms with Crippen molar-refractivity contribution in [1.29, 1.82) is 0 Å². The summed E-state index contributed by atoms with van der Waals surface area (Å²) in [7, 11) is 1.80. The Morgan fingerprint density at radius 1 is 1.30 bits per heavy atom. The van der Waals surface area contributed by atoms with Crippen molar-refractivity contribution in [3.8, 4) is 5.69 Å². The number of carbonyl (C=O) groups is 1. The normalized spacial score (nSPS) is 10.8. The van der Waals surface area contributed by atoms with Gasteiger partial charge < -0.3 is 4.90 Å². The predicted octanol–water partition coefficient (Wildman–Crippen LogP) is 2.39. The average Bonchev–Trinajstić information content (AvgIpc) is 2.94. The SMILES string of the molecule is CC(C)CCN(C)C(=O)c1cn(-c2ccccc2)nn1. The molecule has 0 aliphatic rings. The zero-order valence-electron chi connectivity index (χ0n) is 12.2. The molecule has 1 amide bonds. The highest BCUT2D eigenvalue weighted by atomic mass is 16.2. The van der Waals surface area contributed by atoms with Gasteiger partial charge in [-0.05, 0) is 24.5 Å². The van der Waals surface area contributed by atoms with E-state index < -0.39 is 0 Å².